The van der Waals surface area contributed by atoms with Gasteiger partial charge in [-0.15, -0.1) is 0 Å². The lowest BCUT2D eigenvalue weighted by atomic mass is 9.92. The first kappa shape index (κ1) is 13.0. The lowest BCUT2D eigenvalue weighted by molar-refractivity contribution is -0.137. The van der Waals surface area contributed by atoms with Crippen molar-refractivity contribution in [3.05, 3.63) is 65.2 Å². The Morgan fingerprint density at radius 1 is 1.00 bits per heavy atom. The summed E-state index contributed by atoms with van der Waals surface area (Å²) in [7, 11) is 0. The summed E-state index contributed by atoms with van der Waals surface area (Å²) in [5.41, 5.74) is 2.14. The molecule has 104 valence electrons. The number of aryl methyl sites for hydroxylation is 1. The number of fused-ring (bicyclic) bond motifs is 1. The first-order valence-electron chi connectivity index (χ1n) is 6.55. The van der Waals surface area contributed by atoms with Gasteiger partial charge in [-0.1, -0.05) is 30.3 Å². The summed E-state index contributed by atoms with van der Waals surface area (Å²) in [4.78, 5) is 0. The fourth-order valence-electron chi connectivity index (χ4n) is 2.61. The highest BCUT2D eigenvalue weighted by atomic mass is 19.4. The van der Waals surface area contributed by atoms with Crippen molar-refractivity contribution in [2.45, 2.75) is 25.1 Å². The molecule has 0 spiro atoms. The predicted octanol–water partition coefficient (Wildman–Crippen LogP) is 4.80. The van der Waals surface area contributed by atoms with Crippen LogP contribution >= 0.6 is 0 Å². The van der Waals surface area contributed by atoms with Gasteiger partial charge in [-0.3, -0.25) is 0 Å². The third-order valence-electron chi connectivity index (χ3n) is 3.67. The fourth-order valence-corrected chi connectivity index (χ4v) is 2.61. The van der Waals surface area contributed by atoms with Gasteiger partial charge in [-0.25, -0.2) is 0 Å². The molecule has 2 aromatic rings. The number of anilines is 1. The Hall–Kier alpha value is -1.97. The van der Waals surface area contributed by atoms with Gasteiger partial charge in [0.15, 0.2) is 0 Å². The normalized spacial score (nSPS) is 18.2. The van der Waals surface area contributed by atoms with Crippen LogP contribution in [-0.4, -0.2) is 0 Å². The molecular weight excluding hydrogens is 263 g/mol. The van der Waals surface area contributed by atoms with E-state index in [0.29, 0.717) is 6.42 Å². The molecular formula is C16H14F3N. The summed E-state index contributed by atoms with van der Waals surface area (Å²) in [5.74, 6) is 0. The number of hydrogen-bond acceptors (Lipinski definition) is 1. The molecule has 1 nitrogen and oxygen atoms in total. The van der Waals surface area contributed by atoms with Crippen molar-refractivity contribution in [1.29, 1.82) is 0 Å². The molecule has 1 atom stereocenters. The van der Waals surface area contributed by atoms with Crippen LogP contribution in [0.4, 0.5) is 18.9 Å². The summed E-state index contributed by atoms with van der Waals surface area (Å²) in [6.45, 7) is 0. The number of alkyl halides is 3. The Morgan fingerprint density at radius 3 is 2.45 bits per heavy atom. The molecule has 1 aliphatic heterocycles. The molecule has 2 aromatic carbocycles. The minimum absolute atomic E-state index is 0.167. The van der Waals surface area contributed by atoms with E-state index in [0.717, 1.165) is 29.3 Å². The zero-order chi connectivity index (χ0) is 14.2. The quantitative estimate of drug-likeness (QED) is 0.789. The summed E-state index contributed by atoms with van der Waals surface area (Å²) in [5, 5.41) is 3.32. The van der Waals surface area contributed by atoms with Crippen molar-refractivity contribution in [3.63, 3.8) is 0 Å². The number of nitrogens with one attached hydrogen (secondary N) is 1. The standard InChI is InChI=1S/C16H14F3N/c17-16(18,19)13-7-9-15-12(10-13)6-8-14(20-15)11-4-2-1-3-5-11/h1-5,7,9-10,14,20H,6,8H2. The highest BCUT2D eigenvalue weighted by molar-refractivity contribution is 5.56. The van der Waals surface area contributed by atoms with Crippen LogP contribution in [0.25, 0.3) is 0 Å². The third kappa shape index (κ3) is 2.50. The smallest absolute Gasteiger partial charge is 0.378 e. The van der Waals surface area contributed by atoms with E-state index < -0.39 is 11.7 Å². The minimum Gasteiger partial charge on any atom is -0.378 e. The van der Waals surface area contributed by atoms with Crippen LogP contribution in [-0.2, 0) is 12.6 Å². The molecule has 0 aromatic heterocycles. The van der Waals surface area contributed by atoms with Gasteiger partial charge in [0, 0.05) is 5.69 Å². The number of rotatable bonds is 1. The van der Waals surface area contributed by atoms with Crippen molar-refractivity contribution in [1.82, 2.24) is 0 Å². The average Bonchev–Trinajstić information content (AvgIpc) is 2.46. The molecule has 1 N–H and O–H groups in total. The first-order chi connectivity index (χ1) is 9.54. The lowest BCUT2D eigenvalue weighted by Crippen LogP contribution is -2.18. The van der Waals surface area contributed by atoms with Crippen LogP contribution in [0.15, 0.2) is 48.5 Å². The number of benzene rings is 2. The fraction of sp³-hybridized carbons (Fsp3) is 0.250. The average molecular weight is 277 g/mol. The molecule has 0 saturated carbocycles. The van der Waals surface area contributed by atoms with E-state index in [1.165, 1.54) is 12.1 Å². The highest BCUT2D eigenvalue weighted by Gasteiger charge is 2.31. The summed E-state index contributed by atoms with van der Waals surface area (Å²) < 4.78 is 38.0. The monoisotopic (exact) mass is 277 g/mol. The molecule has 4 heteroatoms. The van der Waals surface area contributed by atoms with Crippen molar-refractivity contribution in [2.75, 3.05) is 5.32 Å². The molecule has 3 rings (SSSR count). The molecule has 1 aliphatic rings. The van der Waals surface area contributed by atoms with E-state index in [-0.39, 0.29) is 6.04 Å². The van der Waals surface area contributed by atoms with E-state index in [2.05, 4.69) is 5.32 Å². The maximum absolute atomic E-state index is 12.7. The predicted molar refractivity (Wildman–Crippen MR) is 72.6 cm³/mol. The van der Waals surface area contributed by atoms with Gasteiger partial charge in [-0.05, 0) is 42.2 Å². The van der Waals surface area contributed by atoms with Crippen LogP contribution in [0.5, 0.6) is 0 Å². The molecule has 1 heterocycles. The molecule has 0 aliphatic carbocycles. The van der Waals surface area contributed by atoms with Gasteiger partial charge in [0.1, 0.15) is 0 Å². The molecule has 0 bridgehead atoms. The van der Waals surface area contributed by atoms with Crippen LogP contribution in [0.1, 0.15) is 29.2 Å². The zero-order valence-electron chi connectivity index (χ0n) is 10.7. The van der Waals surface area contributed by atoms with E-state index in [4.69, 9.17) is 0 Å². The Balaban J connectivity index is 1.86. The maximum Gasteiger partial charge on any atom is 0.416 e. The second-order valence-electron chi connectivity index (χ2n) is 5.02. The van der Waals surface area contributed by atoms with Gasteiger partial charge in [0.25, 0.3) is 0 Å². The van der Waals surface area contributed by atoms with E-state index in [1.54, 1.807) is 0 Å². The zero-order valence-corrected chi connectivity index (χ0v) is 10.7. The second-order valence-corrected chi connectivity index (χ2v) is 5.02. The third-order valence-corrected chi connectivity index (χ3v) is 3.67. The lowest BCUT2D eigenvalue weighted by Gasteiger charge is -2.28. The molecule has 0 saturated heterocycles. The largest absolute Gasteiger partial charge is 0.416 e. The van der Waals surface area contributed by atoms with E-state index in [1.807, 2.05) is 30.3 Å². The highest BCUT2D eigenvalue weighted by Crippen LogP contribution is 2.37. The molecule has 0 fully saturated rings. The first-order valence-corrected chi connectivity index (χ1v) is 6.55. The van der Waals surface area contributed by atoms with Crippen LogP contribution < -0.4 is 5.32 Å². The molecule has 0 radical (unpaired) electrons. The van der Waals surface area contributed by atoms with Crippen molar-refractivity contribution in [3.8, 4) is 0 Å². The van der Waals surface area contributed by atoms with Crippen molar-refractivity contribution in [2.24, 2.45) is 0 Å². The Morgan fingerprint density at radius 2 is 1.75 bits per heavy atom. The summed E-state index contributed by atoms with van der Waals surface area (Å²) in [6.07, 6.45) is -2.81. The van der Waals surface area contributed by atoms with Gasteiger partial charge in [-0.2, -0.15) is 13.2 Å². The van der Waals surface area contributed by atoms with Crippen molar-refractivity contribution >= 4 is 5.69 Å². The summed E-state index contributed by atoms with van der Waals surface area (Å²) in [6, 6.07) is 14.1. The Kier molecular flexibility index (Phi) is 3.16. The number of halogens is 3. The number of hydrogen-bond donors (Lipinski definition) is 1. The summed E-state index contributed by atoms with van der Waals surface area (Å²) >= 11 is 0. The maximum atomic E-state index is 12.7. The van der Waals surface area contributed by atoms with Gasteiger partial charge in [0.05, 0.1) is 11.6 Å². The van der Waals surface area contributed by atoms with E-state index >= 15 is 0 Å². The van der Waals surface area contributed by atoms with E-state index in [9.17, 15) is 13.2 Å². The van der Waals surface area contributed by atoms with Gasteiger partial charge < -0.3 is 5.32 Å². The van der Waals surface area contributed by atoms with Gasteiger partial charge >= 0.3 is 6.18 Å². The molecule has 20 heavy (non-hydrogen) atoms. The SMILES string of the molecule is FC(F)(F)c1ccc2c(c1)CCC(c1ccccc1)N2. The molecule has 1 unspecified atom stereocenters. The topological polar surface area (TPSA) is 12.0 Å². The Labute approximate surface area is 115 Å². The van der Waals surface area contributed by atoms with Crippen LogP contribution in [0.3, 0.4) is 0 Å². The van der Waals surface area contributed by atoms with Crippen molar-refractivity contribution < 1.29 is 13.2 Å². The second kappa shape index (κ2) is 4.85. The minimum atomic E-state index is -4.27. The molecule has 0 amide bonds. The van der Waals surface area contributed by atoms with Gasteiger partial charge in [0.2, 0.25) is 0 Å². The van der Waals surface area contributed by atoms with Crippen LogP contribution in [0.2, 0.25) is 0 Å². The Bertz CT molecular complexity index is 605. The van der Waals surface area contributed by atoms with Crippen LogP contribution in [0, 0.1) is 0 Å².